The number of ether oxygens (including phenoxy) is 2. The Morgan fingerprint density at radius 2 is 2.07 bits per heavy atom. The van der Waals surface area contributed by atoms with E-state index in [1.54, 1.807) is 19.2 Å². The predicted octanol–water partition coefficient (Wildman–Crippen LogP) is 2.47. The summed E-state index contributed by atoms with van der Waals surface area (Å²) in [6.45, 7) is 4.97. The number of nitrogens with one attached hydrogen (secondary N) is 3. The molecule has 1 atom stereocenters. The van der Waals surface area contributed by atoms with Gasteiger partial charge in [0, 0.05) is 38.7 Å². The molecule has 30 heavy (non-hydrogen) atoms. The fourth-order valence-corrected chi connectivity index (χ4v) is 2.95. The molecular weight excluding hydrogens is 499 g/mol. The molecule has 1 amide bonds. The zero-order chi connectivity index (χ0) is 20.5. The van der Waals surface area contributed by atoms with Crippen LogP contribution in [0.25, 0.3) is 0 Å². The summed E-state index contributed by atoms with van der Waals surface area (Å²) in [6.07, 6.45) is 2.49. The van der Waals surface area contributed by atoms with Gasteiger partial charge in [0.2, 0.25) is 0 Å². The van der Waals surface area contributed by atoms with Crippen LogP contribution in [0.4, 0.5) is 0 Å². The Morgan fingerprint density at radius 1 is 1.23 bits per heavy atom. The summed E-state index contributed by atoms with van der Waals surface area (Å²) in [5.74, 6) is 1.58. The molecule has 1 fully saturated rings. The molecule has 0 saturated carbocycles. The molecule has 3 rings (SSSR count). The molecule has 0 spiro atoms. The van der Waals surface area contributed by atoms with Gasteiger partial charge in [-0.25, -0.2) is 0 Å². The van der Waals surface area contributed by atoms with Crippen molar-refractivity contribution in [1.29, 1.82) is 0 Å². The topological polar surface area (TPSA) is 97.1 Å². The summed E-state index contributed by atoms with van der Waals surface area (Å²) in [6, 6.07) is 9.49. The molecule has 1 saturated heterocycles. The zero-order valence-electron chi connectivity index (χ0n) is 17.3. The first-order valence-corrected chi connectivity index (χ1v) is 9.76. The maximum absolute atomic E-state index is 11.8. The largest absolute Gasteiger partial charge is 0.488 e. The van der Waals surface area contributed by atoms with Crippen molar-refractivity contribution in [1.82, 2.24) is 16.0 Å². The minimum absolute atomic E-state index is 0. The number of hydrogen-bond acceptors (Lipinski definition) is 5. The van der Waals surface area contributed by atoms with Crippen LogP contribution in [0.1, 0.15) is 28.1 Å². The van der Waals surface area contributed by atoms with E-state index in [2.05, 4.69) is 39.1 Å². The number of hydrogen-bond donors (Lipinski definition) is 3. The molecule has 1 aromatic heterocycles. The lowest BCUT2D eigenvalue weighted by Gasteiger charge is -2.18. The number of halogens is 1. The highest BCUT2D eigenvalue weighted by atomic mass is 127. The van der Waals surface area contributed by atoms with Crippen LogP contribution in [0.15, 0.2) is 46.0 Å². The molecule has 0 bridgehead atoms. The normalized spacial score (nSPS) is 15.9. The number of furan rings is 1. The lowest BCUT2D eigenvalue weighted by atomic mass is 10.1. The fraction of sp³-hybridized carbons (Fsp3) is 0.429. The van der Waals surface area contributed by atoms with E-state index >= 15 is 0 Å². The Bertz CT molecular complexity index is 820. The van der Waals surface area contributed by atoms with Crippen LogP contribution in [0.3, 0.4) is 0 Å². The maximum atomic E-state index is 11.8. The average molecular weight is 528 g/mol. The lowest BCUT2D eigenvalue weighted by Crippen LogP contribution is -2.41. The van der Waals surface area contributed by atoms with Gasteiger partial charge in [-0.1, -0.05) is 12.1 Å². The Hall–Kier alpha value is -2.27. The third-order valence-electron chi connectivity index (χ3n) is 4.52. The number of carbonyl (C=O) groups excluding carboxylic acids is 1. The van der Waals surface area contributed by atoms with Crippen molar-refractivity contribution >= 4 is 35.8 Å². The van der Waals surface area contributed by atoms with Gasteiger partial charge in [-0.05, 0) is 30.7 Å². The molecule has 8 nitrogen and oxygen atoms in total. The van der Waals surface area contributed by atoms with Gasteiger partial charge in [0.15, 0.2) is 11.7 Å². The maximum Gasteiger partial charge on any atom is 0.287 e. The first kappa shape index (κ1) is 24.0. The van der Waals surface area contributed by atoms with Crippen LogP contribution in [-0.4, -0.2) is 51.3 Å². The third-order valence-corrected chi connectivity index (χ3v) is 4.52. The number of aliphatic imine (C=N–C) groups is 1. The van der Waals surface area contributed by atoms with Crippen LogP contribution >= 0.6 is 24.0 Å². The number of nitrogens with zero attached hydrogens (tertiary/aromatic N) is 1. The van der Waals surface area contributed by atoms with Gasteiger partial charge in [0.25, 0.3) is 5.91 Å². The highest BCUT2D eigenvalue weighted by Crippen LogP contribution is 2.23. The van der Waals surface area contributed by atoms with Crippen molar-refractivity contribution in [2.45, 2.75) is 26.0 Å². The number of rotatable bonds is 8. The second kappa shape index (κ2) is 12.4. The second-order valence-electron chi connectivity index (χ2n) is 6.80. The fourth-order valence-electron chi connectivity index (χ4n) is 2.95. The van der Waals surface area contributed by atoms with Crippen LogP contribution in [0.2, 0.25) is 0 Å². The Labute approximate surface area is 193 Å². The van der Waals surface area contributed by atoms with E-state index in [1.807, 2.05) is 6.92 Å². The van der Waals surface area contributed by atoms with Crippen molar-refractivity contribution in [2.75, 3.05) is 33.4 Å². The predicted molar refractivity (Wildman–Crippen MR) is 126 cm³/mol. The van der Waals surface area contributed by atoms with Crippen LogP contribution in [0, 0.1) is 6.92 Å². The van der Waals surface area contributed by atoms with Crippen molar-refractivity contribution in [2.24, 2.45) is 4.99 Å². The van der Waals surface area contributed by atoms with Crippen molar-refractivity contribution in [3.05, 3.63) is 53.5 Å². The number of carbonyl (C=O) groups is 1. The smallest absolute Gasteiger partial charge is 0.287 e. The summed E-state index contributed by atoms with van der Waals surface area (Å²) in [4.78, 5) is 16.1. The number of amides is 1. The summed E-state index contributed by atoms with van der Waals surface area (Å²) in [5.41, 5.74) is 2.20. The van der Waals surface area contributed by atoms with E-state index in [0.717, 1.165) is 29.9 Å². The summed E-state index contributed by atoms with van der Waals surface area (Å²) in [7, 11) is 1.71. The second-order valence-corrected chi connectivity index (χ2v) is 6.80. The molecule has 1 aromatic carbocycles. The number of aryl methyl sites for hydroxylation is 1. The molecule has 2 heterocycles. The highest BCUT2D eigenvalue weighted by molar-refractivity contribution is 14.0. The molecular formula is C21H29IN4O4. The number of guanidine groups is 1. The molecule has 0 aliphatic carbocycles. The Morgan fingerprint density at radius 3 is 2.77 bits per heavy atom. The molecule has 0 radical (unpaired) electrons. The van der Waals surface area contributed by atoms with E-state index in [1.165, 1.54) is 6.26 Å². The van der Waals surface area contributed by atoms with Crippen molar-refractivity contribution in [3.63, 3.8) is 0 Å². The molecule has 3 N–H and O–H groups in total. The van der Waals surface area contributed by atoms with E-state index in [0.29, 0.717) is 38.0 Å². The summed E-state index contributed by atoms with van der Waals surface area (Å²) >= 11 is 0. The monoisotopic (exact) mass is 528 g/mol. The SMILES string of the molecule is CN=C(NCCNC(=O)c1ccco1)NCc1ccc(C)cc1OC1CCOC1.I. The molecule has 1 aliphatic heterocycles. The molecule has 1 aliphatic rings. The van der Waals surface area contributed by atoms with E-state index in [4.69, 9.17) is 13.9 Å². The van der Waals surface area contributed by atoms with E-state index < -0.39 is 0 Å². The summed E-state index contributed by atoms with van der Waals surface area (Å²) in [5, 5.41) is 9.24. The number of benzene rings is 1. The lowest BCUT2D eigenvalue weighted by molar-refractivity contribution is 0.0926. The minimum Gasteiger partial charge on any atom is -0.488 e. The quantitative estimate of drug-likeness (QED) is 0.211. The highest BCUT2D eigenvalue weighted by Gasteiger charge is 2.18. The van der Waals surface area contributed by atoms with Gasteiger partial charge in [-0.3, -0.25) is 9.79 Å². The van der Waals surface area contributed by atoms with E-state index in [-0.39, 0.29) is 36.0 Å². The molecule has 1 unspecified atom stereocenters. The molecule has 2 aromatic rings. The van der Waals surface area contributed by atoms with Gasteiger partial charge in [0.1, 0.15) is 11.9 Å². The summed E-state index contributed by atoms with van der Waals surface area (Å²) < 4.78 is 16.6. The van der Waals surface area contributed by atoms with Gasteiger partial charge < -0.3 is 29.8 Å². The minimum atomic E-state index is -0.239. The van der Waals surface area contributed by atoms with Crippen LogP contribution in [0.5, 0.6) is 5.75 Å². The third kappa shape index (κ3) is 7.21. The molecule has 164 valence electrons. The average Bonchev–Trinajstić information content (AvgIpc) is 3.42. The van der Waals surface area contributed by atoms with Gasteiger partial charge in [0.05, 0.1) is 19.5 Å². The standard InChI is InChI=1S/C21H28N4O4.HI/c1-15-5-6-16(19(12-15)29-17-7-11-27-14-17)13-25-21(22-2)24-9-8-23-20(26)18-4-3-10-28-18;/h3-6,10,12,17H,7-9,11,13-14H2,1-2H3,(H,23,26)(H2,22,24,25);1H. The van der Waals surface area contributed by atoms with Gasteiger partial charge >= 0.3 is 0 Å². The van der Waals surface area contributed by atoms with E-state index in [9.17, 15) is 4.79 Å². The van der Waals surface area contributed by atoms with Crippen LogP contribution < -0.4 is 20.7 Å². The Kier molecular flexibility index (Phi) is 9.95. The van der Waals surface area contributed by atoms with Gasteiger partial charge in [-0.15, -0.1) is 24.0 Å². The first-order chi connectivity index (χ1) is 14.2. The van der Waals surface area contributed by atoms with Crippen molar-refractivity contribution < 1.29 is 18.7 Å². The zero-order valence-corrected chi connectivity index (χ0v) is 19.6. The van der Waals surface area contributed by atoms with Crippen molar-refractivity contribution in [3.8, 4) is 5.75 Å². The first-order valence-electron chi connectivity index (χ1n) is 9.76. The Balaban J connectivity index is 0.00000320. The van der Waals surface area contributed by atoms with Gasteiger partial charge in [-0.2, -0.15) is 0 Å². The molecule has 9 heteroatoms. The van der Waals surface area contributed by atoms with Crippen LogP contribution in [-0.2, 0) is 11.3 Å².